The Bertz CT molecular complexity index is 913. The number of nitrogens with zero attached hydrogens (tertiary/aromatic N) is 1. The van der Waals surface area contributed by atoms with Crippen LogP contribution in [0.3, 0.4) is 0 Å². The number of anilines is 1. The van der Waals surface area contributed by atoms with Crippen LogP contribution in [-0.2, 0) is 0 Å². The Labute approximate surface area is 158 Å². The SMILES string of the molecule is Cc1cc(C)c[n+](-c2c(S)sc(C(=O)c3ccc(Br)cc3)c2N)c1. The lowest BCUT2D eigenvalue weighted by Crippen LogP contribution is -2.31. The summed E-state index contributed by atoms with van der Waals surface area (Å²) in [5.74, 6) is -0.0866. The van der Waals surface area contributed by atoms with Gasteiger partial charge >= 0.3 is 0 Å². The topological polar surface area (TPSA) is 47.0 Å². The number of carbonyl (C=O) groups is 1. The number of thiophene rings is 1. The number of aromatic nitrogens is 1. The molecule has 0 atom stereocenters. The van der Waals surface area contributed by atoms with Gasteiger partial charge in [0.15, 0.2) is 12.4 Å². The predicted molar refractivity (Wildman–Crippen MR) is 105 cm³/mol. The van der Waals surface area contributed by atoms with Gasteiger partial charge in [-0.2, -0.15) is 4.57 Å². The molecule has 0 radical (unpaired) electrons. The highest BCUT2D eigenvalue weighted by atomic mass is 79.9. The number of pyridine rings is 1. The fraction of sp³-hybridized carbons (Fsp3) is 0.111. The number of nitrogens with two attached hydrogens (primary N) is 1. The first-order valence-electron chi connectivity index (χ1n) is 7.28. The highest BCUT2D eigenvalue weighted by Crippen LogP contribution is 2.35. The number of hydrogen-bond donors (Lipinski definition) is 2. The third-order valence-corrected chi connectivity index (χ3v) is 5.62. The number of halogens is 1. The molecule has 0 aliphatic heterocycles. The van der Waals surface area contributed by atoms with E-state index in [1.165, 1.54) is 11.3 Å². The number of aryl methyl sites for hydroxylation is 2. The average molecular weight is 420 g/mol. The standard InChI is InChI=1S/C18H15BrN2OS2/c1-10-7-11(2)9-21(8-10)15-14(20)17(24-18(15)23)16(22)12-3-5-13(19)6-4-12/h3-9H,1-2H3,(H2-,20,22,23)/p+1. The van der Waals surface area contributed by atoms with Crippen molar-refractivity contribution in [1.82, 2.24) is 0 Å². The van der Waals surface area contributed by atoms with Crippen molar-refractivity contribution in [2.45, 2.75) is 18.1 Å². The molecule has 0 saturated carbocycles. The van der Waals surface area contributed by atoms with Crippen molar-refractivity contribution in [3.63, 3.8) is 0 Å². The van der Waals surface area contributed by atoms with Gasteiger partial charge in [-0.15, -0.1) is 24.0 Å². The van der Waals surface area contributed by atoms with Gasteiger partial charge in [0.25, 0.3) is 5.69 Å². The lowest BCUT2D eigenvalue weighted by molar-refractivity contribution is -0.597. The van der Waals surface area contributed by atoms with Gasteiger partial charge in [-0.1, -0.05) is 15.9 Å². The molecule has 6 heteroatoms. The summed E-state index contributed by atoms with van der Waals surface area (Å²) in [7, 11) is 0. The van der Waals surface area contributed by atoms with Crippen LogP contribution in [0.25, 0.3) is 5.69 Å². The highest BCUT2D eigenvalue weighted by Gasteiger charge is 2.27. The fourth-order valence-corrected chi connectivity index (χ4v) is 4.31. The number of thiol groups is 1. The lowest BCUT2D eigenvalue weighted by Gasteiger charge is -2.01. The first kappa shape index (κ1) is 17.2. The molecule has 3 aromatic rings. The van der Waals surface area contributed by atoms with Crippen LogP contribution in [-0.4, -0.2) is 5.78 Å². The third kappa shape index (κ3) is 3.27. The minimum atomic E-state index is -0.0866. The van der Waals surface area contributed by atoms with Crippen molar-refractivity contribution < 1.29 is 9.36 Å². The minimum absolute atomic E-state index is 0.0866. The average Bonchev–Trinajstić information content (AvgIpc) is 2.81. The van der Waals surface area contributed by atoms with E-state index < -0.39 is 0 Å². The highest BCUT2D eigenvalue weighted by molar-refractivity contribution is 9.10. The molecule has 0 aliphatic carbocycles. The van der Waals surface area contributed by atoms with Crippen molar-refractivity contribution in [1.29, 1.82) is 0 Å². The van der Waals surface area contributed by atoms with E-state index in [1.807, 2.05) is 42.9 Å². The number of benzene rings is 1. The Balaban J connectivity index is 2.09. The van der Waals surface area contributed by atoms with Crippen LogP contribution in [0.1, 0.15) is 26.4 Å². The van der Waals surface area contributed by atoms with Crippen LogP contribution in [0.2, 0.25) is 0 Å². The quantitative estimate of drug-likeness (QED) is 0.372. The Hall–Kier alpha value is -1.63. The van der Waals surface area contributed by atoms with Gasteiger partial charge in [0.2, 0.25) is 5.78 Å². The van der Waals surface area contributed by atoms with Crippen LogP contribution < -0.4 is 10.3 Å². The van der Waals surface area contributed by atoms with Crippen LogP contribution in [0.4, 0.5) is 5.69 Å². The van der Waals surface area contributed by atoms with E-state index in [-0.39, 0.29) is 5.78 Å². The normalized spacial score (nSPS) is 10.8. The molecule has 0 fully saturated rings. The molecule has 3 rings (SSSR count). The van der Waals surface area contributed by atoms with Gasteiger partial charge in [0, 0.05) is 21.2 Å². The van der Waals surface area contributed by atoms with Crippen molar-refractivity contribution in [3.8, 4) is 5.69 Å². The summed E-state index contributed by atoms with van der Waals surface area (Å²) in [4.78, 5) is 13.3. The summed E-state index contributed by atoms with van der Waals surface area (Å²) in [5.41, 5.74) is 10.4. The number of ketones is 1. The lowest BCUT2D eigenvalue weighted by atomic mass is 10.1. The van der Waals surface area contributed by atoms with Crippen molar-refractivity contribution in [3.05, 3.63) is 68.8 Å². The molecule has 122 valence electrons. The second-order valence-corrected chi connectivity index (χ2v) is 8.32. The number of nitrogen functional groups attached to an aromatic ring is 1. The number of rotatable bonds is 3. The zero-order chi connectivity index (χ0) is 17.4. The molecule has 0 saturated heterocycles. The monoisotopic (exact) mass is 419 g/mol. The molecule has 24 heavy (non-hydrogen) atoms. The molecule has 2 aromatic heterocycles. The van der Waals surface area contributed by atoms with E-state index in [0.29, 0.717) is 16.1 Å². The van der Waals surface area contributed by atoms with Gasteiger partial charge < -0.3 is 5.73 Å². The largest absolute Gasteiger partial charge is 0.392 e. The number of carbonyl (C=O) groups excluding carboxylic acids is 1. The van der Waals surface area contributed by atoms with Crippen molar-refractivity contribution >= 4 is 51.4 Å². The smallest absolute Gasteiger partial charge is 0.258 e. The molecular formula is C18H16BrN2OS2+. The molecule has 0 spiro atoms. The second-order valence-electron chi connectivity index (χ2n) is 5.63. The van der Waals surface area contributed by atoms with Crippen LogP contribution in [0, 0.1) is 13.8 Å². The van der Waals surface area contributed by atoms with Crippen molar-refractivity contribution in [2.24, 2.45) is 0 Å². The summed E-state index contributed by atoms with van der Waals surface area (Å²) >= 11 is 9.24. The van der Waals surface area contributed by atoms with E-state index >= 15 is 0 Å². The van der Waals surface area contributed by atoms with E-state index in [0.717, 1.165) is 25.5 Å². The van der Waals surface area contributed by atoms with Gasteiger partial charge in [0.1, 0.15) is 14.8 Å². The summed E-state index contributed by atoms with van der Waals surface area (Å²) < 4.78 is 3.60. The molecule has 0 bridgehead atoms. The Morgan fingerprint density at radius 2 is 1.75 bits per heavy atom. The predicted octanol–water partition coefficient (Wildman–Crippen LogP) is 4.51. The van der Waals surface area contributed by atoms with Gasteiger partial charge in [-0.05, 0) is 44.2 Å². The summed E-state index contributed by atoms with van der Waals surface area (Å²) in [6, 6.07) is 9.35. The minimum Gasteiger partial charge on any atom is -0.392 e. The second kappa shape index (κ2) is 6.70. The number of hydrogen-bond acceptors (Lipinski definition) is 4. The van der Waals surface area contributed by atoms with Gasteiger partial charge in [-0.25, -0.2) is 0 Å². The molecule has 2 N–H and O–H groups in total. The molecule has 1 aromatic carbocycles. The molecular weight excluding hydrogens is 404 g/mol. The summed E-state index contributed by atoms with van der Waals surface area (Å²) in [6.45, 7) is 4.05. The maximum Gasteiger partial charge on any atom is 0.258 e. The zero-order valence-electron chi connectivity index (χ0n) is 13.2. The van der Waals surface area contributed by atoms with Crippen molar-refractivity contribution in [2.75, 3.05) is 5.73 Å². The van der Waals surface area contributed by atoms with E-state index in [9.17, 15) is 4.79 Å². The first-order valence-corrected chi connectivity index (χ1v) is 9.34. The molecule has 2 heterocycles. The Morgan fingerprint density at radius 1 is 1.17 bits per heavy atom. The van der Waals surface area contributed by atoms with Crippen LogP contribution in [0.15, 0.2) is 51.4 Å². The van der Waals surface area contributed by atoms with Gasteiger partial charge in [0.05, 0.1) is 0 Å². The fourth-order valence-electron chi connectivity index (χ4n) is 2.61. The molecule has 0 unspecified atom stereocenters. The van der Waals surface area contributed by atoms with Gasteiger partial charge in [-0.3, -0.25) is 4.79 Å². The summed E-state index contributed by atoms with van der Waals surface area (Å²) in [5, 5.41) is 0. The van der Waals surface area contributed by atoms with E-state index in [1.54, 1.807) is 12.1 Å². The molecule has 3 nitrogen and oxygen atoms in total. The zero-order valence-corrected chi connectivity index (χ0v) is 16.5. The maximum absolute atomic E-state index is 12.8. The molecule has 0 aliphatic rings. The van der Waals surface area contributed by atoms with E-state index in [2.05, 4.69) is 34.6 Å². The first-order chi connectivity index (χ1) is 11.4. The molecule has 0 amide bonds. The summed E-state index contributed by atoms with van der Waals surface area (Å²) in [6.07, 6.45) is 3.97. The van der Waals surface area contributed by atoms with Crippen LogP contribution in [0.5, 0.6) is 0 Å². The van der Waals surface area contributed by atoms with Crippen LogP contribution >= 0.6 is 39.9 Å². The third-order valence-electron chi connectivity index (χ3n) is 3.61. The maximum atomic E-state index is 12.8. The van der Waals surface area contributed by atoms with E-state index in [4.69, 9.17) is 5.73 Å². The Morgan fingerprint density at radius 3 is 2.33 bits per heavy atom. The Kier molecular flexibility index (Phi) is 4.80.